The first-order valence-electron chi connectivity index (χ1n) is 8.68. The standard InChI is InChI=1S/C23H15Cl2NO2/c24-18-10-11-19(20(25)13-18)22(27)12-15-6-8-16(9-7-15)21-14-28-23(26-21)17-4-2-1-3-5-17/h1-11,13-14H,12H2. The molecule has 0 aliphatic carbocycles. The summed E-state index contributed by atoms with van der Waals surface area (Å²) in [6.07, 6.45) is 1.89. The van der Waals surface area contributed by atoms with Crippen LogP contribution in [0.2, 0.25) is 10.0 Å². The zero-order chi connectivity index (χ0) is 19.5. The van der Waals surface area contributed by atoms with Gasteiger partial charge in [0.25, 0.3) is 0 Å². The van der Waals surface area contributed by atoms with E-state index in [1.807, 2.05) is 54.6 Å². The molecule has 1 heterocycles. The molecule has 1 aromatic heterocycles. The van der Waals surface area contributed by atoms with Crippen molar-refractivity contribution in [2.24, 2.45) is 0 Å². The highest BCUT2D eigenvalue weighted by Crippen LogP contribution is 2.26. The molecule has 0 aliphatic heterocycles. The van der Waals surface area contributed by atoms with Crippen molar-refractivity contribution in [3.05, 3.63) is 100 Å². The van der Waals surface area contributed by atoms with Gasteiger partial charge < -0.3 is 4.42 Å². The molecule has 5 heteroatoms. The van der Waals surface area contributed by atoms with Crippen LogP contribution in [0.15, 0.2) is 83.5 Å². The van der Waals surface area contributed by atoms with E-state index >= 15 is 0 Å². The van der Waals surface area contributed by atoms with E-state index in [-0.39, 0.29) is 12.2 Å². The predicted octanol–water partition coefficient (Wildman–Crippen LogP) is 6.74. The fourth-order valence-electron chi connectivity index (χ4n) is 2.91. The van der Waals surface area contributed by atoms with E-state index in [0.717, 1.165) is 22.4 Å². The molecule has 0 bridgehead atoms. The summed E-state index contributed by atoms with van der Waals surface area (Å²) in [5.41, 5.74) is 3.96. The van der Waals surface area contributed by atoms with Gasteiger partial charge in [-0.2, -0.15) is 0 Å². The Labute approximate surface area is 172 Å². The van der Waals surface area contributed by atoms with Crippen LogP contribution in [0.25, 0.3) is 22.7 Å². The average Bonchev–Trinajstić information content (AvgIpc) is 3.19. The van der Waals surface area contributed by atoms with E-state index in [2.05, 4.69) is 4.98 Å². The maximum Gasteiger partial charge on any atom is 0.226 e. The minimum Gasteiger partial charge on any atom is -0.444 e. The van der Waals surface area contributed by atoms with Crippen LogP contribution in [-0.2, 0) is 6.42 Å². The Hall–Kier alpha value is -2.88. The fourth-order valence-corrected chi connectivity index (χ4v) is 3.42. The molecule has 0 saturated carbocycles. The number of carbonyl (C=O) groups is 1. The maximum atomic E-state index is 12.5. The minimum atomic E-state index is -0.0535. The number of halogens is 2. The number of ketones is 1. The monoisotopic (exact) mass is 407 g/mol. The maximum absolute atomic E-state index is 12.5. The quantitative estimate of drug-likeness (QED) is 0.344. The number of benzene rings is 3. The molecule has 0 amide bonds. The lowest BCUT2D eigenvalue weighted by atomic mass is 10.0. The van der Waals surface area contributed by atoms with E-state index in [1.54, 1.807) is 24.5 Å². The molecule has 3 aromatic carbocycles. The summed E-state index contributed by atoms with van der Waals surface area (Å²) in [7, 11) is 0. The zero-order valence-electron chi connectivity index (χ0n) is 14.7. The first kappa shape index (κ1) is 18.5. The van der Waals surface area contributed by atoms with Crippen molar-refractivity contribution >= 4 is 29.0 Å². The summed E-state index contributed by atoms with van der Waals surface area (Å²) < 4.78 is 5.59. The average molecular weight is 408 g/mol. The summed E-state index contributed by atoms with van der Waals surface area (Å²) in [6, 6.07) is 22.3. The SMILES string of the molecule is O=C(Cc1ccc(-c2coc(-c3ccccc3)n2)cc1)c1ccc(Cl)cc1Cl. The van der Waals surface area contributed by atoms with Crippen molar-refractivity contribution in [3.8, 4) is 22.7 Å². The molecule has 4 aromatic rings. The van der Waals surface area contributed by atoms with Crippen LogP contribution < -0.4 is 0 Å². The van der Waals surface area contributed by atoms with Crippen molar-refractivity contribution in [2.75, 3.05) is 0 Å². The van der Waals surface area contributed by atoms with E-state index < -0.39 is 0 Å². The highest BCUT2D eigenvalue weighted by atomic mass is 35.5. The summed E-state index contributed by atoms with van der Waals surface area (Å²) >= 11 is 12.0. The molecular weight excluding hydrogens is 393 g/mol. The molecule has 28 heavy (non-hydrogen) atoms. The summed E-state index contributed by atoms with van der Waals surface area (Å²) in [4.78, 5) is 17.1. The van der Waals surface area contributed by atoms with Crippen LogP contribution in [0.5, 0.6) is 0 Å². The second-order valence-corrected chi connectivity index (χ2v) is 7.17. The van der Waals surface area contributed by atoms with Gasteiger partial charge in [-0.15, -0.1) is 0 Å². The van der Waals surface area contributed by atoms with Crippen LogP contribution >= 0.6 is 23.2 Å². The van der Waals surface area contributed by atoms with Crippen molar-refractivity contribution < 1.29 is 9.21 Å². The third-order valence-corrected chi connectivity index (χ3v) is 4.92. The zero-order valence-corrected chi connectivity index (χ0v) is 16.2. The molecule has 0 fully saturated rings. The predicted molar refractivity (Wildman–Crippen MR) is 112 cm³/mol. The third-order valence-electron chi connectivity index (χ3n) is 4.37. The highest BCUT2D eigenvalue weighted by molar-refractivity contribution is 6.36. The molecule has 4 rings (SSSR count). The molecule has 0 saturated heterocycles. The Morgan fingerprint density at radius 1 is 0.893 bits per heavy atom. The van der Waals surface area contributed by atoms with Crippen molar-refractivity contribution in [1.82, 2.24) is 4.98 Å². The first-order valence-corrected chi connectivity index (χ1v) is 9.44. The third kappa shape index (κ3) is 4.01. The van der Waals surface area contributed by atoms with E-state index in [4.69, 9.17) is 27.6 Å². The van der Waals surface area contributed by atoms with Gasteiger partial charge in [-0.3, -0.25) is 4.79 Å². The molecule has 0 spiro atoms. The number of oxazole rings is 1. The van der Waals surface area contributed by atoms with E-state index in [1.165, 1.54) is 0 Å². The van der Waals surface area contributed by atoms with Crippen molar-refractivity contribution in [2.45, 2.75) is 6.42 Å². The smallest absolute Gasteiger partial charge is 0.226 e. The minimum absolute atomic E-state index is 0.0535. The van der Waals surface area contributed by atoms with Gasteiger partial charge in [-0.05, 0) is 35.9 Å². The lowest BCUT2D eigenvalue weighted by Gasteiger charge is -2.05. The summed E-state index contributed by atoms with van der Waals surface area (Å²) in [6.45, 7) is 0. The van der Waals surface area contributed by atoms with Gasteiger partial charge in [-0.25, -0.2) is 4.98 Å². The van der Waals surface area contributed by atoms with Gasteiger partial charge in [0, 0.05) is 28.1 Å². The number of hydrogen-bond donors (Lipinski definition) is 0. The number of aromatic nitrogens is 1. The molecule has 138 valence electrons. The van der Waals surface area contributed by atoms with Crippen LogP contribution in [0, 0.1) is 0 Å². The Balaban J connectivity index is 1.50. The van der Waals surface area contributed by atoms with Gasteiger partial charge in [-0.1, -0.05) is 65.7 Å². The summed E-state index contributed by atoms with van der Waals surface area (Å²) in [5.74, 6) is 0.523. The number of nitrogens with zero attached hydrogens (tertiary/aromatic N) is 1. The molecule has 0 aliphatic rings. The Kier molecular flexibility index (Phi) is 5.29. The number of Topliss-reactive ketones (excluding diaryl/α,β-unsaturated/α-hetero) is 1. The first-order chi connectivity index (χ1) is 13.6. The number of hydrogen-bond acceptors (Lipinski definition) is 3. The normalized spacial score (nSPS) is 10.8. The molecule has 0 N–H and O–H groups in total. The lowest BCUT2D eigenvalue weighted by Crippen LogP contribution is -2.04. The molecular formula is C23H15Cl2NO2. The van der Waals surface area contributed by atoms with Crippen LogP contribution in [0.4, 0.5) is 0 Å². The Morgan fingerprint density at radius 2 is 1.64 bits per heavy atom. The number of carbonyl (C=O) groups excluding carboxylic acids is 1. The Bertz CT molecular complexity index is 1120. The lowest BCUT2D eigenvalue weighted by molar-refractivity contribution is 0.0993. The Morgan fingerprint density at radius 3 is 2.36 bits per heavy atom. The molecule has 3 nitrogen and oxygen atoms in total. The summed E-state index contributed by atoms with van der Waals surface area (Å²) in [5, 5.41) is 0.874. The van der Waals surface area contributed by atoms with Crippen LogP contribution in [-0.4, -0.2) is 10.8 Å². The van der Waals surface area contributed by atoms with Crippen molar-refractivity contribution in [3.63, 3.8) is 0 Å². The second-order valence-electron chi connectivity index (χ2n) is 6.32. The topological polar surface area (TPSA) is 43.1 Å². The van der Waals surface area contributed by atoms with E-state index in [9.17, 15) is 4.79 Å². The fraction of sp³-hybridized carbons (Fsp3) is 0.0435. The van der Waals surface area contributed by atoms with Gasteiger partial charge in [0.15, 0.2) is 5.78 Å². The highest BCUT2D eigenvalue weighted by Gasteiger charge is 2.13. The van der Waals surface area contributed by atoms with Gasteiger partial charge in [0.2, 0.25) is 5.89 Å². The second kappa shape index (κ2) is 8.01. The molecule has 0 atom stereocenters. The van der Waals surface area contributed by atoms with Crippen LogP contribution in [0.3, 0.4) is 0 Å². The van der Waals surface area contributed by atoms with Crippen LogP contribution in [0.1, 0.15) is 15.9 Å². The van der Waals surface area contributed by atoms with Gasteiger partial charge in [0.1, 0.15) is 12.0 Å². The van der Waals surface area contributed by atoms with E-state index in [0.29, 0.717) is 21.5 Å². The molecule has 0 radical (unpaired) electrons. The van der Waals surface area contributed by atoms with Gasteiger partial charge in [0.05, 0.1) is 5.02 Å². The largest absolute Gasteiger partial charge is 0.444 e. The van der Waals surface area contributed by atoms with Crippen molar-refractivity contribution in [1.29, 1.82) is 0 Å². The number of rotatable bonds is 5. The molecule has 0 unspecified atom stereocenters. The van der Waals surface area contributed by atoms with Gasteiger partial charge >= 0.3 is 0 Å².